The van der Waals surface area contributed by atoms with E-state index in [0.717, 1.165) is 16.3 Å². The highest BCUT2D eigenvalue weighted by molar-refractivity contribution is 9.13. The molecule has 36 heavy (non-hydrogen) atoms. The Morgan fingerprint density at radius 3 is 2.42 bits per heavy atom. The molecule has 0 aliphatic rings. The van der Waals surface area contributed by atoms with Crippen LogP contribution >= 0.6 is 55.1 Å². The van der Waals surface area contributed by atoms with Gasteiger partial charge in [-0.2, -0.15) is 13.5 Å². The molecule has 6 nitrogen and oxygen atoms in total. The molecule has 0 aliphatic heterocycles. The van der Waals surface area contributed by atoms with Crippen molar-refractivity contribution >= 4 is 82.1 Å². The van der Waals surface area contributed by atoms with E-state index in [1.54, 1.807) is 30.3 Å². The molecule has 4 rings (SSSR count). The highest BCUT2D eigenvalue weighted by Gasteiger charge is 2.18. The standard InChI is InChI=1S/C25H18Br2Cl2N2O4S/c1-34-22-12-18(23(26)24(27)25(22)35-14-15-6-9-20(28)21(29)10-15)13-30-31-36(32,33)19-8-7-16-4-2-3-5-17(16)11-19/h2-13,31H,14H2,1H3/b30-13+. The fourth-order valence-electron chi connectivity index (χ4n) is 3.32. The van der Waals surface area contributed by atoms with E-state index in [9.17, 15) is 8.42 Å². The van der Waals surface area contributed by atoms with Crippen molar-refractivity contribution in [1.29, 1.82) is 0 Å². The minimum atomic E-state index is -3.87. The summed E-state index contributed by atoms with van der Waals surface area (Å²) < 4.78 is 38.1. The highest BCUT2D eigenvalue weighted by atomic mass is 79.9. The van der Waals surface area contributed by atoms with Crippen LogP contribution < -0.4 is 14.3 Å². The van der Waals surface area contributed by atoms with E-state index in [1.165, 1.54) is 19.4 Å². The maximum atomic E-state index is 12.8. The van der Waals surface area contributed by atoms with E-state index in [4.69, 9.17) is 32.7 Å². The second kappa shape index (κ2) is 11.4. The van der Waals surface area contributed by atoms with Gasteiger partial charge in [-0.15, -0.1) is 0 Å². The van der Waals surface area contributed by atoms with Gasteiger partial charge in [-0.05, 0) is 78.5 Å². The summed E-state index contributed by atoms with van der Waals surface area (Å²) in [5, 5.41) is 6.61. The Hall–Kier alpha value is -2.30. The van der Waals surface area contributed by atoms with Gasteiger partial charge in [0.1, 0.15) is 6.61 Å². The van der Waals surface area contributed by atoms with Gasteiger partial charge in [0, 0.05) is 10.0 Å². The lowest BCUT2D eigenvalue weighted by atomic mass is 10.1. The van der Waals surface area contributed by atoms with E-state index < -0.39 is 10.0 Å². The Kier molecular flexibility index (Phi) is 8.47. The minimum absolute atomic E-state index is 0.113. The Labute approximate surface area is 235 Å². The molecule has 0 aliphatic carbocycles. The molecule has 4 aromatic rings. The quantitative estimate of drug-likeness (QED) is 0.155. The van der Waals surface area contributed by atoms with Crippen LogP contribution in [0.2, 0.25) is 10.0 Å². The lowest BCUT2D eigenvalue weighted by Crippen LogP contribution is -2.18. The molecule has 0 saturated carbocycles. The van der Waals surface area contributed by atoms with E-state index in [1.807, 2.05) is 30.3 Å². The number of sulfonamides is 1. The minimum Gasteiger partial charge on any atom is -0.493 e. The average molecular weight is 673 g/mol. The third-order valence-corrected chi connectivity index (χ3v) is 9.25. The van der Waals surface area contributed by atoms with Crippen LogP contribution in [0.3, 0.4) is 0 Å². The second-order valence-electron chi connectivity index (χ2n) is 7.52. The number of ether oxygens (including phenoxy) is 2. The number of methoxy groups -OCH3 is 1. The summed E-state index contributed by atoms with van der Waals surface area (Å²) >= 11 is 19.1. The van der Waals surface area contributed by atoms with E-state index >= 15 is 0 Å². The van der Waals surface area contributed by atoms with Crippen LogP contribution in [0.4, 0.5) is 0 Å². The van der Waals surface area contributed by atoms with Crippen molar-refractivity contribution in [2.45, 2.75) is 11.5 Å². The fourth-order valence-corrected chi connectivity index (χ4v) is 5.40. The zero-order valence-electron chi connectivity index (χ0n) is 18.6. The number of halogens is 4. The SMILES string of the molecule is COc1cc(/C=N/NS(=O)(=O)c2ccc3ccccc3c2)c(Br)c(Br)c1OCc1ccc(Cl)c(Cl)c1. The molecule has 0 radical (unpaired) electrons. The van der Waals surface area contributed by atoms with Crippen LogP contribution in [0.1, 0.15) is 11.1 Å². The van der Waals surface area contributed by atoms with Crippen molar-refractivity contribution in [1.82, 2.24) is 4.83 Å². The number of hydrazone groups is 1. The normalized spacial score (nSPS) is 11.7. The molecule has 11 heteroatoms. The predicted octanol–water partition coefficient (Wildman–Crippen LogP) is 7.57. The molecular formula is C25H18Br2Cl2N2O4S. The highest BCUT2D eigenvalue weighted by Crippen LogP contribution is 2.42. The van der Waals surface area contributed by atoms with Gasteiger partial charge in [0.25, 0.3) is 10.0 Å². The summed E-state index contributed by atoms with van der Waals surface area (Å²) in [6, 6.07) is 19.3. The zero-order chi connectivity index (χ0) is 25.9. The van der Waals surface area contributed by atoms with Crippen LogP contribution in [0.25, 0.3) is 10.8 Å². The second-order valence-corrected chi connectivity index (χ2v) is 11.6. The van der Waals surface area contributed by atoms with Gasteiger partial charge in [0.2, 0.25) is 0 Å². The number of hydrogen-bond donors (Lipinski definition) is 1. The molecule has 0 bridgehead atoms. The molecule has 0 saturated heterocycles. The topological polar surface area (TPSA) is 77.0 Å². The Balaban J connectivity index is 1.53. The number of fused-ring (bicyclic) bond motifs is 1. The molecule has 0 spiro atoms. The summed E-state index contributed by atoms with van der Waals surface area (Å²) in [4.78, 5) is 2.37. The maximum Gasteiger partial charge on any atom is 0.276 e. The van der Waals surface area contributed by atoms with Crippen molar-refractivity contribution in [3.8, 4) is 11.5 Å². The first-order valence-corrected chi connectivity index (χ1v) is 14.2. The first kappa shape index (κ1) is 26.8. The number of hydrogen-bond acceptors (Lipinski definition) is 5. The van der Waals surface area contributed by atoms with Crippen LogP contribution in [-0.4, -0.2) is 21.7 Å². The maximum absolute atomic E-state index is 12.8. The van der Waals surface area contributed by atoms with Crippen LogP contribution in [0.15, 0.2) is 85.7 Å². The molecule has 0 atom stereocenters. The van der Waals surface area contributed by atoms with E-state index in [2.05, 4.69) is 41.8 Å². The predicted molar refractivity (Wildman–Crippen MR) is 151 cm³/mol. The summed E-state index contributed by atoms with van der Waals surface area (Å²) in [5.41, 5.74) is 1.38. The van der Waals surface area contributed by atoms with Gasteiger partial charge in [-0.1, -0.05) is 59.6 Å². The summed E-state index contributed by atoms with van der Waals surface area (Å²) in [6.07, 6.45) is 1.37. The monoisotopic (exact) mass is 670 g/mol. The van der Waals surface area contributed by atoms with Crippen molar-refractivity contribution < 1.29 is 17.9 Å². The largest absolute Gasteiger partial charge is 0.493 e. The summed E-state index contributed by atoms with van der Waals surface area (Å²) in [6.45, 7) is 0.220. The van der Waals surface area contributed by atoms with E-state index in [0.29, 0.717) is 36.1 Å². The van der Waals surface area contributed by atoms with Gasteiger partial charge < -0.3 is 9.47 Å². The smallest absolute Gasteiger partial charge is 0.276 e. The number of rotatable bonds is 8. The first-order valence-electron chi connectivity index (χ1n) is 10.4. The lowest BCUT2D eigenvalue weighted by Gasteiger charge is -2.15. The van der Waals surface area contributed by atoms with Crippen LogP contribution in [0, 0.1) is 0 Å². The van der Waals surface area contributed by atoms with Crippen LogP contribution in [0.5, 0.6) is 11.5 Å². The molecule has 0 fully saturated rings. The molecule has 0 heterocycles. The molecule has 0 amide bonds. The Morgan fingerprint density at radius 2 is 1.69 bits per heavy atom. The summed E-state index contributed by atoms with van der Waals surface area (Å²) in [7, 11) is -2.36. The molecule has 0 unspecified atom stereocenters. The number of nitrogens with zero attached hydrogens (tertiary/aromatic N) is 1. The Morgan fingerprint density at radius 1 is 0.944 bits per heavy atom. The molecule has 1 N–H and O–H groups in total. The fraction of sp³-hybridized carbons (Fsp3) is 0.0800. The third-order valence-electron chi connectivity index (χ3n) is 5.15. The van der Waals surface area contributed by atoms with Crippen LogP contribution in [-0.2, 0) is 16.6 Å². The Bertz CT molecular complexity index is 1580. The van der Waals surface area contributed by atoms with Crippen molar-refractivity contribution in [3.05, 3.63) is 96.8 Å². The van der Waals surface area contributed by atoms with Gasteiger partial charge in [0.15, 0.2) is 11.5 Å². The number of nitrogens with one attached hydrogen (secondary N) is 1. The molecule has 0 aromatic heterocycles. The van der Waals surface area contributed by atoms with Crippen molar-refractivity contribution in [2.75, 3.05) is 7.11 Å². The van der Waals surface area contributed by atoms with Gasteiger partial charge in [-0.3, -0.25) is 0 Å². The van der Waals surface area contributed by atoms with Crippen molar-refractivity contribution in [2.24, 2.45) is 5.10 Å². The van der Waals surface area contributed by atoms with E-state index in [-0.39, 0.29) is 11.5 Å². The summed E-state index contributed by atoms with van der Waals surface area (Å²) in [5.74, 6) is 0.869. The van der Waals surface area contributed by atoms with Gasteiger partial charge >= 0.3 is 0 Å². The van der Waals surface area contributed by atoms with Gasteiger partial charge in [0.05, 0.1) is 32.7 Å². The lowest BCUT2D eigenvalue weighted by molar-refractivity contribution is 0.282. The molecule has 4 aromatic carbocycles. The zero-order valence-corrected chi connectivity index (χ0v) is 24.1. The third kappa shape index (κ3) is 5.98. The molecular weight excluding hydrogens is 655 g/mol. The first-order chi connectivity index (χ1) is 17.2. The van der Waals surface area contributed by atoms with Crippen molar-refractivity contribution in [3.63, 3.8) is 0 Å². The molecule has 186 valence electrons. The average Bonchev–Trinajstić information content (AvgIpc) is 2.87. The van der Waals surface area contributed by atoms with Gasteiger partial charge in [-0.25, -0.2) is 4.83 Å². The number of benzene rings is 4.